The molecule has 1 aromatic rings. The highest BCUT2D eigenvalue weighted by Gasteiger charge is 2.23. The molecule has 3 N–H and O–H groups in total. The number of fused-ring (bicyclic) bond motifs is 1. The monoisotopic (exact) mass is 329 g/mol. The Morgan fingerprint density at radius 3 is 2.52 bits per heavy atom. The van der Waals surface area contributed by atoms with E-state index in [1.165, 1.54) is 0 Å². The van der Waals surface area contributed by atoms with Crippen LogP contribution in [0.2, 0.25) is 0 Å². The molecule has 1 aliphatic rings. The number of carbonyl (C=O) groups excluding carboxylic acids is 1. The highest BCUT2D eigenvalue weighted by atomic mass is 35.5. The fraction of sp³-hybridized carbons (Fsp3) is 0.533. The van der Waals surface area contributed by atoms with Crippen molar-refractivity contribution in [2.45, 2.75) is 25.3 Å². The van der Waals surface area contributed by atoms with E-state index in [1.807, 2.05) is 12.1 Å². The maximum atomic E-state index is 11.6. The summed E-state index contributed by atoms with van der Waals surface area (Å²) in [6, 6.07) is 5.62. The number of nitrogens with zero attached hydrogens (tertiary/aromatic N) is 1. The molecule has 6 heteroatoms. The van der Waals surface area contributed by atoms with Gasteiger partial charge in [0.1, 0.15) is 0 Å². The van der Waals surface area contributed by atoms with Gasteiger partial charge < -0.3 is 16.0 Å². The summed E-state index contributed by atoms with van der Waals surface area (Å²) in [5.74, 6) is 1.17. The third kappa shape index (κ3) is 4.25. The molecule has 21 heavy (non-hydrogen) atoms. The van der Waals surface area contributed by atoms with Crippen molar-refractivity contribution < 1.29 is 4.79 Å². The highest BCUT2D eigenvalue weighted by molar-refractivity contribution is 6.18. The van der Waals surface area contributed by atoms with Crippen LogP contribution in [0.25, 0.3) is 0 Å². The minimum Gasteiger partial charge on any atom is -0.371 e. The van der Waals surface area contributed by atoms with Crippen LogP contribution in [-0.4, -0.2) is 36.8 Å². The first-order chi connectivity index (χ1) is 10.2. The molecule has 1 atom stereocenters. The second-order valence-corrected chi connectivity index (χ2v) is 5.97. The lowest BCUT2D eigenvalue weighted by Crippen LogP contribution is -2.41. The van der Waals surface area contributed by atoms with Crippen LogP contribution in [-0.2, 0) is 11.2 Å². The Bertz CT molecular complexity index is 488. The molecular weight excluding hydrogens is 309 g/mol. The van der Waals surface area contributed by atoms with Gasteiger partial charge in [0.2, 0.25) is 5.91 Å². The number of hydrogen-bond acceptors (Lipinski definition) is 3. The zero-order valence-corrected chi connectivity index (χ0v) is 13.5. The molecule has 1 aromatic carbocycles. The molecule has 0 bridgehead atoms. The summed E-state index contributed by atoms with van der Waals surface area (Å²) in [7, 11) is 0. The van der Waals surface area contributed by atoms with E-state index < -0.39 is 6.04 Å². The fourth-order valence-corrected chi connectivity index (χ4v) is 2.73. The van der Waals surface area contributed by atoms with Gasteiger partial charge >= 0.3 is 0 Å². The van der Waals surface area contributed by atoms with Crippen LogP contribution in [0, 0.1) is 0 Å². The van der Waals surface area contributed by atoms with E-state index >= 15 is 0 Å². The zero-order chi connectivity index (χ0) is 15.2. The average Bonchev–Trinajstić information content (AvgIpc) is 2.48. The van der Waals surface area contributed by atoms with Crippen LogP contribution < -0.4 is 16.0 Å². The minimum atomic E-state index is -0.466. The van der Waals surface area contributed by atoms with Crippen molar-refractivity contribution in [3.05, 3.63) is 23.8 Å². The maximum absolute atomic E-state index is 11.6. The Balaban J connectivity index is 2.17. The van der Waals surface area contributed by atoms with E-state index in [0.29, 0.717) is 18.2 Å². The van der Waals surface area contributed by atoms with Crippen LogP contribution in [0.15, 0.2) is 18.2 Å². The van der Waals surface area contributed by atoms with Gasteiger partial charge in [0.25, 0.3) is 0 Å². The predicted octanol–water partition coefficient (Wildman–Crippen LogP) is 2.57. The first kappa shape index (κ1) is 16.4. The van der Waals surface area contributed by atoms with Crippen LogP contribution in [0.1, 0.15) is 18.4 Å². The van der Waals surface area contributed by atoms with Gasteiger partial charge in [0.15, 0.2) is 0 Å². The Morgan fingerprint density at radius 1 is 1.24 bits per heavy atom. The van der Waals surface area contributed by atoms with Crippen LogP contribution in [0.4, 0.5) is 11.4 Å². The van der Waals surface area contributed by atoms with Gasteiger partial charge in [0, 0.05) is 36.2 Å². The van der Waals surface area contributed by atoms with Crippen molar-refractivity contribution in [1.82, 2.24) is 0 Å². The summed E-state index contributed by atoms with van der Waals surface area (Å²) in [6.07, 6.45) is 2.43. The van der Waals surface area contributed by atoms with E-state index in [0.717, 1.165) is 42.9 Å². The third-order valence-corrected chi connectivity index (χ3v) is 4.15. The Labute approximate surface area is 135 Å². The van der Waals surface area contributed by atoms with Gasteiger partial charge in [-0.3, -0.25) is 4.79 Å². The standard InChI is InChI=1S/C15H21Cl2N3O/c16-5-1-7-20(8-2-6-17)12-3-4-14-11(9-12)10-13(18)15(21)19-14/h3-4,9,13H,1-2,5-8,10,18H2,(H,19,21). The van der Waals surface area contributed by atoms with E-state index in [2.05, 4.69) is 16.3 Å². The maximum Gasteiger partial charge on any atom is 0.241 e. The SMILES string of the molecule is NC1Cc2cc(N(CCCCl)CCCCl)ccc2NC1=O. The van der Waals surface area contributed by atoms with Gasteiger partial charge in [-0.1, -0.05) is 0 Å². The quantitative estimate of drug-likeness (QED) is 0.756. The van der Waals surface area contributed by atoms with Crippen molar-refractivity contribution in [3.63, 3.8) is 0 Å². The number of nitrogens with one attached hydrogen (secondary N) is 1. The Kier molecular flexibility index (Phi) is 6.15. The van der Waals surface area contributed by atoms with Crippen molar-refractivity contribution in [1.29, 1.82) is 0 Å². The van der Waals surface area contributed by atoms with Gasteiger partial charge in [-0.2, -0.15) is 0 Å². The van der Waals surface area contributed by atoms with E-state index in [1.54, 1.807) is 0 Å². The van der Waals surface area contributed by atoms with E-state index in [-0.39, 0.29) is 5.91 Å². The normalized spacial score (nSPS) is 17.3. The number of rotatable bonds is 7. The smallest absolute Gasteiger partial charge is 0.241 e. The summed E-state index contributed by atoms with van der Waals surface area (Å²) in [6.45, 7) is 1.80. The van der Waals surface area contributed by atoms with Gasteiger partial charge in [0.05, 0.1) is 6.04 Å². The first-order valence-corrected chi connectivity index (χ1v) is 8.29. The summed E-state index contributed by atoms with van der Waals surface area (Å²) in [4.78, 5) is 13.9. The largest absolute Gasteiger partial charge is 0.371 e. The van der Waals surface area contributed by atoms with E-state index in [4.69, 9.17) is 28.9 Å². The number of alkyl halides is 2. The molecule has 116 valence electrons. The van der Waals surface area contributed by atoms with Gasteiger partial charge in [-0.05, 0) is 43.0 Å². The number of hydrogen-bond donors (Lipinski definition) is 2. The van der Waals surface area contributed by atoms with E-state index in [9.17, 15) is 4.79 Å². The molecule has 1 amide bonds. The number of halogens is 2. The molecule has 0 spiro atoms. The molecule has 0 radical (unpaired) electrons. The highest BCUT2D eigenvalue weighted by Crippen LogP contribution is 2.27. The molecule has 1 aliphatic heterocycles. The number of carbonyl (C=O) groups is 1. The third-order valence-electron chi connectivity index (χ3n) is 3.61. The second-order valence-electron chi connectivity index (χ2n) is 5.21. The Hall–Kier alpha value is -0.970. The van der Waals surface area contributed by atoms with Crippen LogP contribution in [0.5, 0.6) is 0 Å². The summed E-state index contributed by atoms with van der Waals surface area (Å²) < 4.78 is 0. The summed E-state index contributed by atoms with van der Waals surface area (Å²) >= 11 is 11.6. The van der Waals surface area contributed by atoms with Crippen molar-refractivity contribution in [2.24, 2.45) is 5.73 Å². The number of nitrogens with two attached hydrogens (primary N) is 1. The second kappa shape index (κ2) is 7.87. The molecule has 0 saturated heterocycles. The molecular formula is C15H21Cl2N3O. The predicted molar refractivity (Wildman–Crippen MR) is 89.6 cm³/mol. The number of amides is 1. The van der Waals surface area contributed by atoms with Crippen molar-refractivity contribution >= 4 is 40.5 Å². The molecule has 4 nitrogen and oxygen atoms in total. The molecule has 0 saturated carbocycles. The average molecular weight is 330 g/mol. The molecule has 0 aromatic heterocycles. The summed E-state index contributed by atoms with van der Waals surface area (Å²) in [5, 5.41) is 2.84. The molecule has 2 rings (SSSR count). The Morgan fingerprint density at radius 2 is 1.90 bits per heavy atom. The zero-order valence-electron chi connectivity index (χ0n) is 11.9. The number of benzene rings is 1. The molecule has 0 aliphatic carbocycles. The lowest BCUT2D eigenvalue weighted by Gasteiger charge is -2.28. The molecule has 1 heterocycles. The number of anilines is 2. The van der Waals surface area contributed by atoms with Crippen LogP contribution in [0.3, 0.4) is 0 Å². The van der Waals surface area contributed by atoms with Crippen molar-refractivity contribution in [3.8, 4) is 0 Å². The molecule has 0 fully saturated rings. The molecule has 1 unspecified atom stereocenters. The minimum absolute atomic E-state index is 0.114. The lowest BCUT2D eigenvalue weighted by molar-refractivity contribution is -0.117. The van der Waals surface area contributed by atoms with Gasteiger partial charge in [-0.25, -0.2) is 0 Å². The van der Waals surface area contributed by atoms with Gasteiger partial charge in [-0.15, -0.1) is 23.2 Å². The lowest BCUT2D eigenvalue weighted by atomic mass is 9.98. The van der Waals surface area contributed by atoms with Crippen LogP contribution >= 0.6 is 23.2 Å². The fourth-order valence-electron chi connectivity index (χ4n) is 2.49. The first-order valence-electron chi connectivity index (χ1n) is 7.22. The summed E-state index contributed by atoms with van der Waals surface area (Å²) in [5.41, 5.74) is 8.90. The van der Waals surface area contributed by atoms with Crippen molar-refractivity contribution in [2.75, 3.05) is 35.1 Å². The topological polar surface area (TPSA) is 58.4 Å².